The monoisotopic (exact) mass is 398 g/mol. The highest BCUT2D eigenvalue weighted by molar-refractivity contribution is 6.46. The molecule has 0 aliphatic carbocycles. The number of hydrogen-bond acceptors (Lipinski definition) is 4. The minimum Gasteiger partial charge on any atom is -0.495 e. The number of carbonyl (C=O) groups excluding carboxylic acids is 2. The van der Waals surface area contributed by atoms with Crippen molar-refractivity contribution in [2.45, 2.75) is 13.8 Å². The number of methoxy groups -OCH3 is 1. The van der Waals surface area contributed by atoms with E-state index in [0.717, 1.165) is 11.1 Å². The van der Waals surface area contributed by atoms with Gasteiger partial charge in [-0.15, -0.1) is 0 Å². The molecule has 0 unspecified atom stereocenters. The first-order chi connectivity index (χ1) is 14.5. The van der Waals surface area contributed by atoms with Crippen molar-refractivity contribution >= 4 is 28.8 Å². The molecule has 2 amide bonds. The van der Waals surface area contributed by atoms with Crippen LogP contribution in [0.25, 0.3) is 5.57 Å². The molecule has 3 aromatic carbocycles. The second-order valence-electron chi connectivity index (χ2n) is 7.23. The maximum atomic E-state index is 13.4. The number of nitrogens with one attached hydrogen (secondary N) is 1. The fourth-order valence-electron chi connectivity index (χ4n) is 3.50. The van der Waals surface area contributed by atoms with Gasteiger partial charge in [0.2, 0.25) is 0 Å². The van der Waals surface area contributed by atoms with Gasteiger partial charge in [-0.25, -0.2) is 4.90 Å². The van der Waals surface area contributed by atoms with Crippen LogP contribution in [0.3, 0.4) is 0 Å². The summed E-state index contributed by atoms with van der Waals surface area (Å²) in [4.78, 5) is 28.0. The van der Waals surface area contributed by atoms with E-state index >= 15 is 0 Å². The predicted octanol–water partition coefficient (Wildman–Crippen LogP) is 4.71. The van der Waals surface area contributed by atoms with Crippen LogP contribution in [-0.2, 0) is 9.59 Å². The van der Waals surface area contributed by atoms with Crippen molar-refractivity contribution in [1.29, 1.82) is 0 Å². The van der Waals surface area contributed by atoms with Gasteiger partial charge in [0, 0.05) is 0 Å². The van der Waals surface area contributed by atoms with Crippen LogP contribution in [-0.4, -0.2) is 18.9 Å². The molecule has 3 aromatic rings. The summed E-state index contributed by atoms with van der Waals surface area (Å²) in [5, 5.41) is 3.18. The lowest BCUT2D eigenvalue weighted by Crippen LogP contribution is -2.32. The van der Waals surface area contributed by atoms with Crippen molar-refractivity contribution in [2.24, 2.45) is 0 Å². The van der Waals surface area contributed by atoms with Crippen LogP contribution in [0.5, 0.6) is 5.75 Å². The molecule has 0 radical (unpaired) electrons. The molecule has 1 heterocycles. The molecule has 150 valence electrons. The number of amides is 2. The largest absolute Gasteiger partial charge is 0.495 e. The number of benzene rings is 3. The van der Waals surface area contributed by atoms with Crippen molar-refractivity contribution in [1.82, 2.24) is 0 Å². The summed E-state index contributed by atoms with van der Waals surface area (Å²) in [6.07, 6.45) is 0. The van der Waals surface area contributed by atoms with Gasteiger partial charge in [0.15, 0.2) is 0 Å². The number of nitrogens with zero attached hydrogens (tertiary/aromatic N) is 1. The van der Waals surface area contributed by atoms with Gasteiger partial charge in [0.1, 0.15) is 11.4 Å². The normalized spacial score (nSPS) is 13.8. The Morgan fingerprint density at radius 1 is 0.800 bits per heavy atom. The van der Waals surface area contributed by atoms with E-state index in [4.69, 9.17) is 4.74 Å². The third-order valence-corrected chi connectivity index (χ3v) is 5.05. The predicted molar refractivity (Wildman–Crippen MR) is 118 cm³/mol. The van der Waals surface area contributed by atoms with E-state index in [2.05, 4.69) is 5.32 Å². The minimum absolute atomic E-state index is 0.232. The Morgan fingerprint density at radius 2 is 1.47 bits per heavy atom. The topological polar surface area (TPSA) is 58.6 Å². The summed E-state index contributed by atoms with van der Waals surface area (Å²) < 4.78 is 5.44. The standard InChI is InChI=1S/C25H22N2O3/c1-16-9-12-19(13-10-16)27-24(28)22(18-7-5-4-6-8-18)23(25(27)29)26-20-15-17(2)11-14-21(20)30-3/h4-15,26H,1-3H3. The fraction of sp³-hybridized carbons (Fsp3) is 0.120. The molecule has 1 N–H and O–H groups in total. The van der Waals surface area contributed by atoms with E-state index in [1.807, 2.05) is 74.5 Å². The molecule has 1 aliphatic heterocycles. The molecule has 0 saturated carbocycles. The summed E-state index contributed by atoms with van der Waals surface area (Å²) >= 11 is 0. The maximum absolute atomic E-state index is 13.4. The van der Waals surface area contributed by atoms with Crippen molar-refractivity contribution in [3.8, 4) is 5.75 Å². The highest BCUT2D eigenvalue weighted by Crippen LogP contribution is 2.35. The van der Waals surface area contributed by atoms with Gasteiger partial charge in [-0.3, -0.25) is 9.59 Å². The van der Waals surface area contributed by atoms with Gasteiger partial charge in [0.05, 0.1) is 24.1 Å². The molecule has 0 aromatic heterocycles. The Bertz CT molecular complexity index is 1150. The first-order valence-electron chi connectivity index (χ1n) is 9.66. The zero-order chi connectivity index (χ0) is 21.3. The molecule has 0 saturated heterocycles. The molecule has 5 nitrogen and oxygen atoms in total. The van der Waals surface area contributed by atoms with E-state index in [1.54, 1.807) is 19.2 Å². The average molecular weight is 398 g/mol. The molecule has 0 spiro atoms. The summed E-state index contributed by atoms with van der Waals surface area (Å²) in [5.74, 6) is -0.162. The minimum atomic E-state index is -0.397. The van der Waals surface area contributed by atoms with Crippen molar-refractivity contribution < 1.29 is 14.3 Å². The van der Waals surface area contributed by atoms with Crippen LogP contribution in [0.15, 0.2) is 78.5 Å². The van der Waals surface area contributed by atoms with Gasteiger partial charge in [-0.1, -0.05) is 54.1 Å². The number of aryl methyl sites for hydroxylation is 2. The van der Waals surface area contributed by atoms with Crippen LogP contribution < -0.4 is 15.0 Å². The quantitative estimate of drug-likeness (QED) is 0.633. The van der Waals surface area contributed by atoms with Gasteiger partial charge in [-0.05, 0) is 49.2 Å². The second kappa shape index (κ2) is 7.87. The molecule has 0 bridgehead atoms. The van der Waals surface area contributed by atoms with Crippen LogP contribution in [0.2, 0.25) is 0 Å². The number of rotatable bonds is 5. The van der Waals surface area contributed by atoms with Gasteiger partial charge in [-0.2, -0.15) is 0 Å². The summed E-state index contributed by atoms with van der Waals surface area (Å²) in [6, 6.07) is 22.2. The number of anilines is 2. The van der Waals surface area contributed by atoms with Gasteiger partial charge in [0.25, 0.3) is 11.8 Å². The van der Waals surface area contributed by atoms with Crippen LogP contribution in [0.1, 0.15) is 16.7 Å². The maximum Gasteiger partial charge on any atom is 0.282 e. The zero-order valence-electron chi connectivity index (χ0n) is 17.1. The second-order valence-corrected chi connectivity index (χ2v) is 7.23. The number of carbonyl (C=O) groups is 2. The number of ether oxygens (including phenoxy) is 1. The van der Waals surface area contributed by atoms with E-state index in [9.17, 15) is 9.59 Å². The van der Waals surface area contributed by atoms with Crippen molar-refractivity contribution in [3.63, 3.8) is 0 Å². The first-order valence-corrected chi connectivity index (χ1v) is 9.66. The molecule has 30 heavy (non-hydrogen) atoms. The Morgan fingerprint density at radius 3 is 2.13 bits per heavy atom. The molecule has 0 atom stereocenters. The third kappa shape index (κ3) is 3.46. The third-order valence-electron chi connectivity index (χ3n) is 5.05. The molecule has 5 heteroatoms. The average Bonchev–Trinajstić information content (AvgIpc) is 2.99. The Kier molecular flexibility index (Phi) is 5.11. The Hall–Kier alpha value is -3.86. The van der Waals surface area contributed by atoms with Gasteiger partial charge < -0.3 is 10.1 Å². The smallest absolute Gasteiger partial charge is 0.282 e. The molecule has 4 rings (SSSR count). The van der Waals surface area contributed by atoms with Crippen molar-refractivity contribution in [3.05, 3.63) is 95.2 Å². The van der Waals surface area contributed by atoms with Gasteiger partial charge >= 0.3 is 0 Å². The Labute approximate surface area is 175 Å². The lowest BCUT2D eigenvalue weighted by molar-refractivity contribution is -0.120. The first kappa shape index (κ1) is 19.5. The lowest BCUT2D eigenvalue weighted by atomic mass is 10.0. The number of hydrogen-bond donors (Lipinski definition) is 1. The highest BCUT2D eigenvalue weighted by Gasteiger charge is 2.40. The molecule has 1 aliphatic rings. The van der Waals surface area contributed by atoms with Crippen molar-refractivity contribution in [2.75, 3.05) is 17.3 Å². The SMILES string of the molecule is COc1ccc(C)cc1NC1=C(c2ccccc2)C(=O)N(c2ccc(C)cc2)C1=O. The van der Waals surface area contributed by atoms with E-state index in [1.165, 1.54) is 4.90 Å². The Balaban J connectivity index is 1.84. The highest BCUT2D eigenvalue weighted by atomic mass is 16.5. The number of imide groups is 1. The van der Waals surface area contributed by atoms with E-state index < -0.39 is 5.91 Å². The summed E-state index contributed by atoms with van der Waals surface area (Å²) in [6.45, 7) is 3.92. The summed E-state index contributed by atoms with van der Waals surface area (Å²) in [5.41, 5.74) is 4.48. The van der Waals surface area contributed by atoms with Crippen LogP contribution >= 0.6 is 0 Å². The molecular weight excluding hydrogens is 376 g/mol. The van der Waals surface area contributed by atoms with E-state index in [-0.39, 0.29) is 11.6 Å². The molecular formula is C25H22N2O3. The lowest BCUT2D eigenvalue weighted by Gasteiger charge is -2.16. The van der Waals surface area contributed by atoms with E-state index in [0.29, 0.717) is 28.3 Å². The summed E-state index contributed by atoms with van der Waals surface area (Å²) in [7, 11) is 1.57. The van der Waals surface area contributed by atoms with Crippen LogP contribution in [0.4, 0.5) is 11.4 Å². The van der Waals surface area contributed by atoms with Crippen LogP contribution in [0, 0.1) is 13.8 Å². The fourth-order valence-corrected chi connectivity index (χ4v) is 3.50. The molecule has 0 fully saturated rings. The zero-order valence-corrected chi connectivity index (χ0v) is 17.1.